The normalized spacial score (nSPS) is 32.8. The predicted molar refractivity (Wildman–Crippen MR) is 67.0 cm³/mol. The van der Waals surface area contributed by atoms with Crippen molar-refractivity contribution in [1.29, 1.82) is 0 Å². The largest absolute Gasteiger partial charge is 0.357 e. The second-order valence-corrected chi connectivity index (χ2v) is 5.58. The molecule has 4 rings (SSSR count). The van der Waals surface area contributed by atoms with Crippen LogP contribution in [-0.2, 0) is 4.79 Å². The van der Waals surface area contributed by atoms with Gasteiger partial charge in [-0.3, -0.25) is 4.79 Å². The van der Waals surface area contributed by atoms with Gasteiger partial charge in [0.25, 0.3) is 0 Å². The Balaban J connectivity index is 1.83. The molecule has 1 N–H and O–H groups in total. The molecule has 0 aromatic heterocycles. The lowest BCUT2D eigenvalue weighted by Crippen LogP contribution is -2.47. The van der Waals surface area contributed by atoms with Crippen molar-refractivity contribution in [3.63, 3.8) is 0 Å². The van der Waals surface area contributed by atoms with E-state index in [9.17, 15) is 9.18 Å². The summed E-state index contributed by atoms with van der Waals surface area (Å²) in [6, 6.07) is 4.95. The fourth-order valence-corrected chi connectivity index (χ4v) is 3.96. The van der Waals surface area contributed by atoms with E-state index in [2.05, 4.69) is 10.2 Å². The molecule has 1 aliphatic carbocycles. The number of benzene rings is 1. The lowest BCUT2D eigenvalue weighted by atomic mass is 9.92. The summed E-state index contributed by atoms with van der Waals surface area (Å²) in [7, 11) is 0. The highest BCUT2D eigenvalue weighted by molar-refractivity contribution is 6.04. The average Bonchev–Trinajstić information content (AvgIpc) is 2.90. The van der Waals surface area contributed by atoms with Gasteiger partial charge in [0.1, 0.15) is 17.5 Å². The smallest absolute Gasteiger partial charge is 0.247 e. The quantitative estimate of drug-likeness (QED) is 0.762. The number of anilines is 2. The summed E-state index contributed by atoms with van der Waals surface area (Å²) < 4.78 is 13.8. The molecular formula is C14H15FN2O. The minimum atomic E-state index is -0.337. The summed E-state index contributed by atoms with van der Waals surface area (Å²) in [5, 5.41) is 2.76. The zero-order valence-corrected chi connectivity index (χ0v) is 10.0. The number of hydrogen-bond acceptors (Lipinski definition) is 2. The molecule has 2 fully saturated rings. The number of rotatable bonds is 0. The van der Waals surface area contributed by atoms with Crippen molar-refractivity contribution in [2.75, 3.05) is 16.8 Å². The van der Waals surface area contributed by atoms with Crippen LogP contribution in [0.1, 0.15) is 19.3 Å². The van der Waals surface area contributed by atoms with Gasteiger partial charge in [-0.2, -0.15) is 0 Å². The maximum absolute atomic E-state index is 13.8. The lowest BCUT2D eigenvalue weighted by molar-refractivity contribution is -0.118. The summed E-state index contributed by atoms with van der Waals surface area (Å²) in [6.07, 6.45) is 3.56. The van der Waals surface area contributed by atoms with Crippen LogP contribution in [-0.4, -0.2) is 18.5 Å². The van der Waals surface area contributed by atoms with Gasteiger partial charge in [0.2, 0.25) is 5.91 Å². The number of amides is 1. The minimum Gasteiger partial charge on any atom is -0.357 e. The Morgan fingerprint density at radius 2 is 2.22 bits per heavy atom. The molecule has 94 valence electrons. The monoisotopic (exact) mass is 246 g/mol. The van der Waals surface area contributed by atoms with Crippen LogP contribution in [0.2, 0.25) is 0 Å². The zero-order valence-electron chi connectivity index (χ0n) is 10.0. The van der Waals surface area contributed by atoms with E-state index in [-0.39, 0.29) is 17.8 Å². The second kappa shape index (κ2) is 3.46. The van der Waals surface area contributed by atoms with Gasteiger partial charge in [0.05, 0.1) is 5.69 Å². The standard InChI is InChI=1S/C14H15FN2O/c15-10-5-2-6-11-12(10)16-14(18)13-9-4-1-3-8(9)7-17(11)13/h2,5-6,8-9,13H,1,3-4,7H2,(H,16,18). The highest BCUT2D eigenvalue weighted by atomic mass is 19.1. The van der Waals surface area contributed by atoms with Gasteiger partial charge in [0, 0.05) is 6.54 Å². The Morgan fingerprint density at radius 1 is 1.33 bits per heavy atom. The van der Waals surface area contributed by atoms with Crippen LogP contribution >= 0.6 is 0 Å². The van der Waals surface area contributed by atoms with E-state index in [0.29, 0.717) is 17.5 Å². The van der Waals surface area contributed by atoms with Crippen molar-refractivity contribution in [3.05, 3.63) is 24.0 Å². The molecule has 1 aromatic carbocycles. The van der Waals surface area contributed by atoms with E-state index < -0.39 is 0 Å². The first kappa shape index (κ1) is 10.4. The molecule has 4 heteroatoms. The Bertz CT molecular complexity index is 531. The molecular weight excluding hydrogens is 231 g/mol. The van der Waals surface area contributed by atoms with E-state index in [4.69, 9.17) is 0 Å². The summed E-state index contributed by atoms with van der Waals surface area (Å²) in [4.78, 5) is 14.3. The van der Waals surface area contributed by atoms with Gasteiger partial charge >= 0.3 is 0 Å². The van der Waals surface area contributed by atoms with Gasteiger partial charge in [-0.25, -0.2) is 4.39 Å². The average molecular weight is 246 g/mol. The molecule has 3 atom stereocenters. The van der Waals surface area contributed by atoms with Gasteiger partial charge in [-0.05, 0) is 36.8 Å². The topological polar surface area (TPSA) is 32.3 Å². The highest BCUT2D eigenvalue weighted by Crippen LogP contribution is 2.48. The van der Waals surface area contributed by atoms with Crippen molar-refractivity contribution in [2.45, 2.75) is 25.3 Å². The fourth-order valence-electron chi connectivity index (χ4n) is 3.96. The van der Waals surface area contributed by atoms with Crippen LogP contribution < -0.4 is 10.2 Å². The van der Waals surface area contributed by atoms with Gasteiger partial charge < -0.3 is 10.2 Å². The fraction of sp³-hybridized carbons (Fsp3) is 0.500. The van der Waals surface area contributed by atoms with E-state index >= 15 is 0 Å². The molecule has 0 radical (unpaired) electrons. The number of fused-ring (bicyclic) bond motifs is 5. The maximum atomic E-state index is 13.8. The van der Waals surface area contributed by atoms with Crippen molar-refractivity contribution in [1.82, 2.24) is 0 Å². The van der Waals surface area contributed by atoms with Gasteiger partial charge in [-0.15, -0.1) is 0 Å². The van der Waals surface area contributed by atoms with Crippen LogP contribution in [0.3, 0.4) is 0 Å². The first-order chi connectivity index (χ1) is 8.75. The summed E-state index contributed by atoms with van der Waals surface area (Å²) in [6.45, 7) is 0.902. The molecule has 2 aliphatic heterocycles. The molecule has 1 aromatic rings. The Labute approximate surface area is 105 Å². The molecule has 3 aliphatic rings. The first-order valence-electron chi connectivity index (χ1n) is 6.62. The first-order valence-corrected chi connectivity index (χ1v) is 6.62. The molecule has 0 bridgehead atoms. The molecule has 3 unspecified atom stereocenters. The van der Waals surface area contributed by atoms with Crippen molar-refractivity contribution < 1.29 is 9.18 Å². The van der Waals surface area contributed by atoms with Gasteiger partial charge in [-0.1, -0.05) is 12.5 Å². The predicted octanol–water partition coefficient (Wildman–Crippen LogP) is 2.38. The third kappa shape index (κ3) is 1.21. The number of carbonyl (C=O) groups excluding carboxylic acids is 1. The number of nitrogens with one attached hydrogen (secondary N) is 1. The number of hydrogen-bond donors (Lipinski definition) is 1. The zero-order chi connectivity index (χ0) is 12.3. The molecule has 18 heavy (non-hydrogen) atoms. The minimum absolute atomic E-state index is 0.0259. The molecule has 1 amide bonds. The second-order valence-electron chi connectivity index (χ2n) is 5.58. The summed E-state index contributed by atoms with van der Waals surface area (Å²) >= 11 is 0. The molecule has 0 spiro atoms. The van der Waals surface area contributed by atoms with Crippen LogP contribution in [0.5, 0.6) is 0 Å². The van der Waals surface area contributed by atoms with Crippen LogP contribution in [0.25, 0.3) is 0 Å². The van der Waals surface area contributed by atoms with Gasteiger partial charge in [0.15, 0.2) is 0 Å². The number of nitrogens with zero attached hydrogens (tertiary/aromatic N) is 1. The SMILES string of the molecule is O=C1Nc2c(F)cccc2N2CC3CCCC3C12. The Morgan fingerprint density at radius 3 is 3.11 bits per heavy atom. The van der Waals surface area contributed by atoms with E-state index in [0.717, 1.165) is 18.7 Å². The number of carbonyl (C=O) groups is 1. The third-order valence-electron chi connectivity index (χ3n) is 4.71. The van der Waals surface area contributed by atoms with Crippen molar-refractivity contribution in [3.8, 4) is 0 Å². The van der Waals surface area contributed by atoms with Crippen LogP contribution in [0.15, 0.2) is 18.2 Å². The number of halogens is 1. The van der Waals surface area contributed by atoms with E-state index in [1.807, 2.05) is 6.07 Å². The third-order valence-corrected chi connectivity index (χ3v) is 4.71. The summed E-state index contributed by atoms with van der Waals surface area (Å²) in [5.74, 6) is 0.703. The maximum Gasteiger partial charge on any atom is 0.247 e. The Hall–Kier alpha value is -1.58. The molecule has 3 nitrogen and oxygen atoms in total. The summed E-state index contributed by atoms with van der Waals surface area (Å²) in [5.41, 5.74) is 1.22. The number of para-hydroxylation sites is 1. The van der Waals surface area contributed by atoms with E-state index in [1.165, 1.54) is 18.9 Å². The molecule has 1 saturated carbocycles. The van der Waals surface area contributed by atoms with Crippen molar-refractivity contribution >= 4 is 17.3 Å². The Kier molecular flexibility index (Phi) is 1.99. The van der Waals surface area contributed by atoms with Crippen LogP contribution in [0.4, 0.5) is 15.8 Å². The highest BCUT2D eigenvalue weighted by Gasteiger charge is 2.50. The van der Waals surface area contributed by atoms with Crippen molar-refractivity contribution in [2.24, 2.45) is 11.8 Å². The van der Waals surface area contributed by atoms with E-state index in [1.54, 1.807) is 6.07 Å². The lowest BCUT2D eigenvalue weighted by Gasteiger charge is -2.35. The molecule has 2 heterocycles. The molecule has 1 saturated heterocycles. The van der Waals surface area contributed by atoms with Crippen LogP contribution in [0, 0.1) is 17.7 Å².